The smallest absolute Gasteiger partial charge is 0.295 e. The minimum Gasteiger partial charge on any atom is -0.337 e. The molecule has 0 aliphatic carbocycles. The van der Waals surface area contributed by atoms with Crippen LogP contribution in [0.15, 0.2) is 4.52 Å². The molecule has 0 saturated carbocycles. The first-order valence-electron chi connectivity index (χ1n) is 7.15. The molecule has 1 aromatic heterocycles. The number of amides is 1. The van der Waals surface area contributed by atoms with Crippen LogP contribution in [0, 0.1) is 0 Å². The number of thioether (sulfide) groups is 1. The first kappa shape index (κ1) is 13.9. The van der Waals surface area contributed by atoms with Crippen LogP contribution in [0.3, 0.4) is 0 Å². The SMILES string of the molecule is CC1CN(C(=O)c2noc(C3CCCN3)n2)CC(C)S1. The van der Waals surface area contributed by atoms with Gasteiger partial charge in [0.2, 0.25) is 5.89 Å². The van der Waals surface area contributed by atoms with E-state index in [0.717, 1.165) is 32.5 Å². The Hall–Kier alpha value is -1.08. The summed E-state index contributed by atoms with van der Waals surface area (Å²) in [7, 11) is 0. The van der Waals surface area contributed by atoms with Crippen LogP contribution in [-0.4, -0.2) is 51.1 Å². The van der Waals surface area contributed by atoms with Crippen molar-refractivity contribution in [3.05, 3.63) is 11.7 Å². The Kier molecular flexibility index (Phi) is 3.98. The molecule has 1 amide bonds. The third kappa shape index (κ3) is 2.83. The summed E-state index contributed by atoms with van der Waals surface area (Å²) in [5.41, 5.74) is 0. The van der Waals surface area contributed by atoms with Gasteiger partial charge >= 0.3 is 0 Å². The molecule has 6 nitrogen and oxygen atoms in total. The number of nitrogens with one attached hydrogen (secondary N) is 1. The molecule has 3 unspecified atom stereocenters. The van der Waals surface area contributed by atoms with Crippen molar-refractivity contribution in [1.82, 2.24) is 20.4 Å². The maximum atomic E-state index is 12.4. The minimum absolute atomic E-state index is 0.110. The molecular formula is C13H20N4O2S. The van der Waals surface area contributed by atoms with Crippen molar-refractivity contribution in [2.24, 2.45) is 0 Å². The van der Waals surface area contributed by atoms with Gasteiger partial charge in [0.05, 0.1) is 6.04 Å². The van der Waals surface area contributed by atoms with Crippen LogP contribution in [-0.2, 0) is 0 Å². The highest BCUT2D eigenvalue weighted by Gasteiger charge is 2.30. The van der Waals surface area contributed by atoms with E-state index < -0.39 is 0 Å². The third-order valence-electron chi connectivity index (χ3n) is 3.70. The second-order valence-corrected chi connectivity index (χ2v) is 7.45. The van der Waals surface area contributed by atoms with Gasteiger partial charge < -0.3 is 14.7 Å². The number of hydrogen-bond donors (Lipinski definition) is 1. The van der Waals surface area contributed by atoms with Crippen molar-refractivity contribution < 1.29 is 9.32 Å². The fourth-order valence-corrected chi connectivity index (χ4v) is 4.17. The molecule has 20 heavy (non-hydrogen) atoms. The van der Waals surface area contributed by atoms with Crippen molar-refractivity contribution in [2.75, 3.05) is 19.6 Å². The van der Waals surface area contributed by atoms with Crippen molar-refractivity contribution >= 4 is 17.7 Å². The van der Waals surface area contributed by atoms with E-state index in [1.165, 1.54) is 0 Å². The summed E-state index contributed by atoms with van der Waals surface area (Å²) < 4.78 is 5.24. The summed E-state index contributed by atoms with van der Waals surface area (Å²) in [6.45, 7) is 6.75. The van der Waals surface area contributed by atoms with E-state index >= 15 is 0 Å². The van der Waals surface area contributed by atoms with E-state index in [2.05, 4.69) is 29.3 Å². The molecule has 1 N–H and O–H groups in total. The van der Waals surface area contributed by atoms with Gasteiger partial charge in [-0.25, -0.2) is 0 Å². The third-order valence-corrected chi connectivity index (χ3v) is 4.93. The van der Waals surface area contributed by atoms with Gasteiger partial charge in [0.25, 0.3) is 11.7 Å². The molecule has 0 radical (unpaired) electrons. The van der Waals surface area contributed by atoms with Gasteiger partial charge in [-0.3, -0.25) is 4.79 Å². The quantitative estimate of drug-likeness (QED) is 0.891. The predicted molar refractivity (Wildman–Crippen MR) is 76.7 cm³/mol. The number of rotatable bonds is 2. The summed E-state index contributed by atoms with van der Waals surface area (Å²) in [5, 5.41) is 8.06. The molecule has 3 rings (SSSR count). The van der Waals surface area contributed by atoms with E-state index in [4.69, 9.17) is 4.52 Å². The molecule has 0 bridgehead atoms. The van der Waals surface area contributed by atoms with Crippen LogP contribution in [0.4, 0.5) is 0 Å². The lowest BCUT2D eigenvalue weighted by molar-refractivity contribution is 0.0737. The number of carbonyl (C=O) groups excluding carboxylic acids is 1. The number of hydrogen-bond acceptors (Lipinski definition) is 6. The van der Waals surface area contributed by atoms with Crippen molar-refractivity contribution in [2.45, 2.75) is 43.2 Å². The minimum atomic E-state index is -0.114. The second-order valence-electron chi connectivity index (χ2n) is 5.57. The molecule has 2 fully saturated rings. The zero-order valence-corrected chi connectivity index (χ0v) is 12.7. The van der Waals surface area contributed by atoms with Gasteiger partial charge in [0.15, 0.2) is 0 Å². The van der Waals surface area contributed by atoms with Gasteiger partial charge in [0, 0.05) is 23.6 Å². The Labute approximate surface area is 122 Å². The van der Waals surface area contributed by atoms with Crippen LogP contribution < -0.4 is 5.32 Å². The van der Waals surface area contributed by atoms with E-state index in [1.807, 2.05) is 16.7 Å². The Morgan fingerprint density at radius 3 is 2.80 bits per heavy atom. The summed E-state index contributed by atoms with van der Waals surface area (Å²) >= 11 is 1.92. The van der Waals surface area contributed by atoms with Crippen molar-refractivity contribution in [3.8, 4) is 0 Å². The molecule has 2 aliphatic heterocycles. The topological polar surface area (TPSA) is 71.3 Å². The molecule has 1 aromatic rings. The summed E-state index contributed by atoms with van der Waals surface area (Å²) in [6.07, 6.45) is 2.10. The summed E-state index contributed by atoms with van der Waals surface area (Å²) in [6, 6.07) is 0.110. The van der Waals surface area contributed by atoms with Gasteiger partial charge in [-0.1, -0.05) is 19.0 Å². The fourth-order valence-electron chi connectivity index (χ4n) is 2.84. The highest BCUT2D eigenvalue weighted by Crippen LogP contribution is 2.26. The van der Waals surface area contributed by atoms with Crippen LogP contribution in [0.1, 0.15) is 49.2 Å². The second kappa shape index (κ2) is 5.73. The molecular weight excluding hydrogens is 276 g/mol. The fraction of sp³-hybridized carbons (Fsp3) is 0.769. The van der Waals surface area contributed by atoms with Gasteiger partial charge in [-0.2, -0.15) is 16.7 Å². The van der Waals surface area contributed by atoms with Gasteiger partial charge in [-0.05, 0) is 19.4 Å². The first-order valence-corrected chi connectivity index (χ1v) is 8.09. The van der Waals surface area contributed by atoms with E-state index in [9.17, 15) is 4.79 Å². The van der Waals surface area contributed by atoms with Crippen LogP contribution in [0.2, 0.25) is 0 Å². The first-order chi connectivity index (χ1) is 9.63. The number of nitrogens with zero attached hydrogens (tertiary/aromatic N) is 3. The molecule has 3 atom stereocenters. The Morgan fingerprint density at radius 1 is 1.40 bits per heavy atom. The van der Waals surface area contributed by atoms with Crippen molar-refractivity contribution in [3.63, 3.8) is 0 Å². The van der Waals surface area contributed by atoms with E-state index in [-0.39, 0.29) is 17.8 Å². The lowest BCUT2D eigenvalue weighted by atomic mass is 10.2. The molecule has 7 heteroatoms. The van der Waals surface area contributed by atoms with Crippen LogP contribution in [0.25, 0.3) is 0 Å². The monoisotopic (exact) mass is 296 g/mol. The summed E-state index contributed by atoms with van der Waals surface area (Å²) in [4.78, 5) is 18.5. The standard InChI is InChI=1S/C13H20N4O2S/c1-8-6-17(7-9(2)20-8)13(18)11-15-12(19-16-11)10-4-3-5-14-10/h8-10,14H,3-7H2,1-2H3. The average molecular weight is 296 g/mol. The summed E-state index contributed by atoms with van der Waals surface area (Å²) in [5.74, 6) is 0.621. The molecule has 110 valence electrons. The molecule has 2 saturated heterocycles. The van der Waals surface area contributed by atoms with Crippen LogP contribution in [0.5, 0.6) is 0 Å². The molecule has 0 spiro atoms. The highest BCUT2D eigenvalue weighted by atomic mass is 32.2. The van der Waals surface area contributed by atoms with Crippen molar-refractivity contribution in [1.29, 1.82) is 0 Å². The zero-order valence-electron chi connectivity index (χ0n) is 11.8. The Morgan fingerprint density at radius 2 is 2.15 bits per heavy atom. The Bertz CT molecular complexity index is 476. The largest absolute Gasteiger partial charge is 0.337 e. The highest BCUT2D eigenvalue weighted by molar-refractivity contribution is 8.00. The molecule has 0 aromatic carbocycles. The van der Waals surface area contributed by atoms with Crippen LogP contribution >= 0.6 is 11.8 Å². The predicted octanol–water partition coefficient (Wildman–Crippen LogP) is 1.46. The Balaban J connectivity index is 1.70. The molecule has 2 aliphatic rings. The van der Waals surface area contributed by atoms with Gasteiger partial charge in [-0.15, -0.1) is 0 Å². The van der Waals surface area contributed by atoms with E-state index in [1.54, 1.807) is 0 Å². The zero-order chi connectivity index (χ0) is 14.1. The number of carbonyl (C=O) groups is 1. The maximum absolute atomic E-state index is 12.4. The number of aromatic nitrogens is 2. The lowest BCUT2D eigenvalue weighted by Gasteiger charge is -2.33. The lowest BCUT2D eigenvalue weighted by Crippen LogP contribution is -2.44. The normalized spacial score (nSPS) is 30.7. The van der Waals surface area contributed by atoms with Gasteiger partial charge in [0.1, 0.15) is 0 Å². The van der Waals surface area contributed by atoms with E-state index in [0.29, 0.717) is 16.4 Å². The molecule has 3 heterocycles. The maximum Gasteiger partial charge on any atom is 0.295 e. The average Bonchev–Trinajstić information content (AvgIpc) is 3.07.